The molecule has 116 valence electrons. The largest absolute Gasteiger partial charge is 0.349 e. The predicted octanol–water partition coefficient (Wildman–Crippen LogP) is 1.56. The van der Waals surface area contributed by atoms with E-state index in [0.717, 1.165) is 25.6 Å². The van der Waals surface area contributed by atoms with Crippen LogP contribution in [0.25, 0.3) is 0 Å². The van der Waals surface area contributed by atoms with Crippen LogP contribution in [0.4, 0.5) is 5.13 Å². The lowest BCUT2D eigenvalue weighted by molar-refractivity contribution is -0.114. The molecule has 0 unspecified atom stereocenters. The van der Waals surface area contributed by atoms with E-state index >= 15 is 0 Å². The topological polar surface area (TPSA) is 74.3 Å². The van der Waals surface area contributed by atoms with Gasteiger partial charge in [0.15, 0.2) is 5.13 Å². The van der Waals surface area contributed by atoms with Crippen LogP contribution in [-0.4, -0.2) is 47.9 Å². The van der Waals surface area contributed by atoms with Crippen LogP contribution in [0.2, 0.25) is 0 Å². The van der Waals surface area contributed by atoms with Crippen molar-refractivity contribution in [2.24, 2.45) is 5.92 Å². The summed E-state index contributed by atoms with van der Waals surface area (Å²) in [7, 11) is 0. The lowest BCUT2D eigenvalue weighted by Gasteiger charge is -2.30. The number of hydrogen-bond acceptors (Lipinski definition) is 5. The molecule has 1 aromatic rings. The fraction of sp³-hybridized carbons (Fsp3) is 0.643. The van der Waals surface area contributed by atoms with Crippen molar-refractivity contribution < 1.29 is 9.59 Å². The van der Waals surface area contributed by atoms with Gasteiger partial charge in [-0.05, 0) is 31.8 Å². The molecule has 2 amide bonds. The number of thiazole rings is 1. The first-order valence-corrected chi connectivity index (χ1v) is 8.16. The zero-order chi connectivity index (χ0) is 15.2. The van der Waals surface area contributed by atoms with Crippen LogP contribution in [0.1, 0.15) is 37.2 Å². The molecular formula is C14H22N4O2S. The first kappa shape index (κ1) is 15.9. The average Bonchev–Trinajstić information content (AvgIpc) is 2.88. The molecule has 21 heavy (non-hydrogen) atoms. The number of aromatic nitrogens is 1. The molecule has 1 aliphatic heterocycles. The average molecular weight is 310 g/mol. The number of likely N-dealkylation sites (tertiary alicyclic amines) is 1. The maximum Gasteiger partial charge on any atom is 0.270 e. The van der Waals surface area contributed by atoms with Gasteiger partial charge >= 0.3 is 0 Å². The van der Waals surface area contributed by atoms with Gasteiger partial charge in [-0.1, -0.05) is 6.92 Å². The summed E-state index contributed by atoms with van der Waals surface area (Å²) in [6.07, 6.45) is 2.47. The minimum Gasteiger partial charge on any atom is -0.349 e. The van der Waals surface area contributed by atoms with Crippen LogP contribution in [0.5, 0.6) is 0 Å². The highest BCUT2D eigenvalue weighted by Crippen LogP contribution is 2.16. The Kier molecular flexibility index (Phi) is 5.69. The van der Waals surface area contributed by atoms with Crippen LogP contribution >= 0.6 is 11.3 Å². The van der Waals surface area contributed by atoms with E-state index in [2.05, 4.69) is 27.4 Å². The number of carbonyl (C=O) groups is 2. The molecule has 1 saturated heterocycles. The molecule has 1 fully saturated rings. The Morgan fingerprint density at radius 2 is 2.14 bits per heavy atom. The van der Waals surface area contributed by atoms with Gasteiger partial charge in [0.05, 0.1) is 0 Å². The number of nitrogens with zero attached hydrogens (tertiary/aromatic N) is 2. The van der Waals surface area contributed by atoms with E-state index in [9.17, 15) is 9.59 Å². The van der Waals surface area contributed by atoms with Gasteiger partial charge in [-0.3, -0.25) is 9.59 Å². The minimum atomic E-state index is -0.187. The van der Waals surface area contributed by atoms with Gasteiger partial charge in [-0.15, -0.1) is 11.3 Å². The van der Waals surface area contributed by atoms with E-state index in [4.69, 9.17) is 0 Å². The Hall–Kier alpha value is -1.47. The van der Waals surface area contributed by atoms with E-state index in [-0.39, 0.29) is 11.8 Å². The standard InChI is InChI=1S/C14H22N4O2S/c1-10-3-6-18(7-4-10)8-5-15-13(20)12-9-21-14(17-12)16-11(2)19/h9-10H,3-8H2,1-2H3,(H,15,20)(H,16,17,19). The Morgan fingerprint density at radius 1 is 1.43 bits per heavy atom. The number of carbonyl (C=O) groups excluding carboxylic acids is 2. The molecule has 1 aromatic heterocycles. The minimum absolute atomic E-state index is 0.185. The molecule has 0 aromatic carbocycles. The second-order valence-electron chi connectivity index (χ2n) is 5.50. The van der Waals surface area contributed by atoms with Crippen molar-refractivity contribution in [2.75, 3.05) is 31.5 Å². The zero-order valence-corrected chi connectivity index (χ0v) is 13.3. The summed E-state index contributed by atoms with van der Waals surface area (Å²) in [5.41, 5.74) is 0.357. The summed E-state index contributed by atoms with van der Waals surface area (Å²) >= 11 is 1.25. The molecule has 0 spiro atoms. The number of rotatable bonds is 5. The second kappa shape index (κ2) is 7.51. The monoisotopic (exact) mass is 310 g/mol. The Bertz CT molecular complexity index is 495. The summed E-state index contributed by atoms with van der Waals surface area (Å²) in [5.74, 6) is 0.446. The van der Waals surface area contributed by atoms with Gasteiger partial charge in [0.1, 0.15) is 5.69 Å². The number of anilines is 1. The van der Waals surface area contributed by atoms with Crippen LogP contribution < -0.4 is 10.6 Å². The molecule has 2 heterocycles. The molecule has 0 saturated carbocycles. The molecule has 1 aliphatic rings. The molecule has 7 heteroatoms. The summed E-state index contributed by atoms with van der Waals surface area (Å²) in [5, 5.41) is 7.56. The van der Waals surface area contributed by atoms with Crippen LogP contribution in [-0.2, 0) is 4.79 Å². The number of amides is 2. The van der Waals surface area contributed by atoms with Gasteiger partial charge in [-0.25, -0.2) is 4.98 Å². The summed E-state index contributed by atoms with van der Waals surface area (Å²) in [6.45, 7) is 7.43. The number of piperidine rings is 1. The summed E-state index contributed by atoms with van der Waals surface area (Å²) in [6, 6.07) is 0. The van der Waals surface area contributed by atoms with Crippen LogP contribution in [0, 0.1) is 5.92 Å². The van der Waals surface area contributed by atoms with Crippen molar-refractivity contribution in [2.45, 2.75) is 26.7 Å². The fourth-order valence-corrected chi connectivity index (χ4v) is 3.03. The van der Waals surface area contributed by atoms with E-state index < -0.39 is 0 Å². The smallest absolute Gasteiger partial charge is 0.270 e. The van der Waals surface area contributed by atoms with E-state index in [1.54, 1.807) is 5.38 Å². The van der Waals surface area contributed by atoms with Crippen molar-refractivity contribution in [1.82, 2.24) is 15.2 Å². The predicted molar refractivity (Wildman–Crippen MR) is 83.6 cm³/mol. The molecular weight excluding hydrogens is 288 g/mol. The summed E-state index contributed by atoms with van der Waals surface area (Å²) < 4.78 is 0. The van der Waals surface area contributed by atoms with Crippen molar-refractivity contribution in [3.63, 3.8) is 0 Å². The lowest BCUT2D eigenvalue weighted by atomic mass is 9.99. The highest BCUT2D eigenvalue weighted by molar-refractivity contribution is 7.14. The number of hydrogen-bond donors (Lipinski definition) is 2. The molecule has 0 bridgehead atoms. The van der Waals surface area contributed by atoms with Crippen molar-refractivity contribution in [3.8, 4) is 0 Å². The first-order chi connectivity index (χ1) is 10.0. The van der Waals surface area contributed by atoms with Gasteiger partial charge in [-0.2, -0.15) is 0 Å². The summed E-state index contributed by atoms with van der Waals surface area (Å²) in [4.78, 5) is 29.3. The Balaban J connectivity index is 1.71. The third kappa shape index (κ3) is 5.09. The van der Waals surface area contributed by atoms with Crippen LogP contribution in [0.3, 0.4) is 0 Å². The van der Waals surface area contributed by atoms with E-state index in [0.29, 0.717) is 17.4 Å². The molecule has 2 N–H and O–H groups in total. The van der Waals surface area contributed by atoms with Crippen LogP contribution in [0.15, 0.2) is 5.38 Å². The lowest BCUT2D eigenvalue weighted by Crippen LogP contribution is -2.39. The van der Waals surface area contributed by atoms with E-state index in [1.165, 1.54) is 31.1 Å². The third-order valence-corrected chi connectivity index (χ3v) is 4.37. The van der Waals surface area contributed by atoms with Gasteiger partial charge in [0.2, 0.25) is 5.91 Å². The zero-order valence-electron chi connectivity index (χ0n) is 12.5. The maximum atomic E-state index is 11.9. The number of nitrogens with one attached hydrogen (secondary N) is 2. The molecule has 0 radical (unpaired) electrons. The van der Waals surface area contributed by atoms with Crippen molar-refractivity contribution in [1.29, 1.82) is 0 Å². The SMILES string of the molecule is CC(=O)Nc1nc(C(=O)NCCN2CCC(C)CC2)cs1. The van der Waals surface area contributed by atoms with Gasteiger partial charge < -0.3 is 15.5 Å². The Labute approximate surface area is 128 Å². The van der Waals surface area contributed by atoms with Crippen molar-refractivity contribution in [3.05, 3.63) is 11.1 Å². The fourth-order valence-electron chi connectivity index (χ4n) is 2.29. The Morgan fingerprint density at radius 3 is 2.81 bits per heavy atom. The van der Waals surface area contributed by atoms with Gasteiger partial charge in [0, 0.05) is 25.4 Å². The van der Waals surface area contributed by atoms with E-state index in [1.807, 2.05) is 0 Å². The van der Waals surface area contributed by atoms with Gasteiger partial charge in [0.25, 0.3) is 5.91 Å². The third-order valence-electron chi connectivity index (χ3n) is 3.61. The molecule has 0 aliphatic carbocycles. The second-order valence-corrected chi connectivity index (χ2v) is 6.36. The molecule has 0 atom stereocenters. The molecule has 2 rings (SSSR count). The maximum absolute atomic E-state index is 11.9. The quantitative estimate of drug-likeness (QED) is 0.865. The highest BCUT2D eigenvalue weighted by atomic mass is 32.1. The van der Waals surface area contributed by atoms with Crippen molar-refractivity contribution >= 4 is 28.3 Å². The normalized spacial score (nSPS) is 16.7. The highest BCUT2D eigenvalue weighted by Gasteiger charge is 2.16. The first-order valence-electron chi connectivity index (χ1n) is 7.28. The molecule has 6 nitrogen and oxygen atoms in total.